The summed E-state index contributed by atoms with van der Waals surface area (Å²) in [7, 11) is 1.64. The average molecular weight is 294 g/mol. The molecule has 1 amide bonds. The van der Waals surface area contributed by atoms with Gasteiger partial charge in [-0.3, -0.25) is 4.79 Å². The molecule has 0 atom stereocenters. The molecule has 0 radical (unpaired) electrons. The van der Waals surface area contributed by atoms with Gasteiger partial charge in [0.2, 0.25) is 5.91 Å². The lowest BCUT2D eigenvalue weighted by atomic mass is 10.3. The van der Waals surface area contributed by atoms with Gasteiger partial charge in [0.1, 0.15) is 5.75 Å². The maximum atomic E-state index is 11.3. The van der Waals surface area contributed by atoms with E-state index in [0.717, 1.165) is 16.0 Å². The molecule has 0 saturated heterocycles. The quantitative estimate of drug-likeness (QED) is 0.794. The molecule has 20 heavy (non-hydrogen) atoms. The van der Waals surface area contributed by atoms with Crippen molar-refractivity contribution in [2.45, 2.75) is 20.4 Å². The Kier molecular flexibility index (Phi) is 4.92. The van der Waals surface area contributed by atoms with E-state index in [1.807, 2.05) is 29.7 Å². The molecule has 1 heterocycles. The number of rotatable bonds is 5. The number of benzene rings is 1. The van der Waals surface area contributed by atoms with Crippen molar-refractivity contribution in [1.29, 1.82) is 0 Å². The van der Waals surface area contributed by atoms with Gasteiger partial charge in [-0.1, -0.05) is 11.3 Å². The molecule has 0 unspecified atom stereocenters. The van der Waals surface area contributed by atoms with E-state index >= 15 is 0 Å². The normalized spacial score (nSPS) is 12.1. The summed E-state index contributed by atoms with van der Waals surface area (Å²) in [5.74, 6) is 0.596. The first kappa shape index (κ1) is 14.7. The summed E-state index contributed by atoms with van der Waals surface area (Å²) in [6, 6.07) is 5.84. The van der Waals surface area contributed by atoms with Crippen LogP contribution in [0.15, 0.2) is 23.2 Å². The molecule has 5 nitrogen and oxygen atoms in total. The van der Waals surface area contributed by atoms with Crippen molar-refractivity contribution < 1.29 is 14.3 Å². The number of amides is 1. The predicted molar refractivity (Wildman–Crippen MR) is 79.1 cm³/mol. The van der Waals surface area contributed by atoms with Crippen LogP contribution in [0.5, 0.6) is 5.75 Å². The zero-order valence-corrected chi connectivity index (χ0v) is 12.7. The van der Waals surface area contributed by atoms with Gasteiger partial charge in [0.15, 0.2) is 4.80 Å². The third kappa shape index (κ3) is 3.26. The summed E-state index contributed by atoms with van der Waals surface area (Å²) in [5, 5.41) is 0. The smallest absolute Gasteiger partial charge is 0.245 e. The number of hydrogen-bond acceptors (Lipinski definition) is 4. The van der Waals surface area contributed by atoms with Crippen molar-refractivity contribution in [3.8, 4) is 5.75 Å². The number of thiazole rings is 1. The molecule has 0 aliphatic rings. The Hall–Kier alpha value is -1.66. The first-order chi connectivity index (χ1) is 9.65. The highest BCUT2D eigenvalue weighted by Gasteiger charge is 2.08. The molecule has 0 fully saturated rings. The molecule has 2 rings (SSSR count). The number of methoxy groups -OCH3 is 1. The Bertz CT molecular complexity index is 673. The fourth-order valence-corrected chi connectivity index (χ4v) is 3.05. The number of fused-ring (bicyclic) bond motifs is 1. The van der Waals surface area contributed by atoms with E-state index in [2.05, 4.69) is 4.99 Å². The van der Waals surface area contributed by atoms with E-state index in [1.165, 1.54) is 18.3 Å². The van der Waals surface area contributed by atoms with E-state index in [4.69, 9.17) is 9.47 Å². The minimum absolute atomic E-state index is 0.200. The highest BCUT2D eigenvalue weighted by molar-refractivity contribution is 7.16. The van der Waals surface area contributed by atoms with Gasteiger partial charge in [-0.2, -0.15) is 4.99 Å². The van der Waals surface area contributed by atoms with Crippen LogP contribution < -0.4 is 9.54 Å². The number of hydrogen-bond donors (Lipinski definition) is 0. The minimum Gasteiger partial charge on any atom is -0.497 e. The van der Waals surface area contributed by atoms with Crippen molar-refractivity contribution in [3.05, 3.63) is 23.0 Å². The van der Waals surface area contributed by atoms with Gasteiger partial charge in [-0.15, -0.1) is 0 Å². The highest BCUT2D eigenvalue weighted by atomic mass is 32.1. The van der Waals surface area contributed by atoms with Crippen LogP contribution in [-0.2, 0) is 16.1 Å². The zero-order valence-electron chi connectivity index (χ0n) is 11.9. The standard InChI is InChI=1S/C14H18N2O3S/c1-4-19-8-7-16-12-6-5-11(18-3)9-13(12)20-14(16)15-10(2)17/h5-6,9H,4,7-8H2,1-3H3. The van der Waals surface area contributed by atoms with Crippen LogP contribution in [0, 0.1) is 0 Å². The van der Waals surface area contributed by atoms with Gasteiger partial charge in [-0.05, 0) is 25.1 Å². The monoisotopic (exact) mass is 294 g/mol. The number of ether oxygens (including phenoxy) is 2. The van der Waals surface area contributed by atoms with Crippen LogP contribution >= 0.6 is 11.3 Å². The fourth-order valence-electron chi connectivity index (χ4n) is 1.92. The summed E-state index contributed by atoms with van der Waals surface area (Å²) in [6.45, 7) is 5.36. The van der Waals surface area contributed by atoms with Crippen LogP contribution in [0.3, 0.4) is 0 Å². The minimum atomic E-state index is -0.200. The molecule has 1 aromatic heterocycles. The highest BCUT2D eigenvalue weighted by Crippen LogP contribution is 2.23. The number of carbonyl (C=O) groups is 1. The molecule has 0 spiro atoms. The SMILES string of the molecule is CCOCCn1c(=NC(C)=O)sc2cc(OC)ccc21. The lowest BCUT2D eigenvalue weighted by molar-refractivity contribution is -0.116. The molecular weight excluding hydrogens is 276 g/mol. The second kappa shape index (κ2) is 6.67. The first-order valence-corrected chi connectivity index (χ1v) is 7.27. The van der Waals surface area contributed by atoms with Crippen molar-refractivity contribution in [2.24, 2.45) is 4.99 Å². The van der Waals surface area contributed by atoms with E-state index in [1.54, 1.807) is 7.11 Å². The topological polar surface area (TPSA) is 52.8 Å². The Morgan fingerprint density at radius 3 is 2.90 bits per heavy atom. The second-order valence-electron chi connectivity index (χ2n) is 4.20. The summed E-state index contributed by atoms with van der Waals surface area (Å²) >= 11 is 1.48. The molecule has 0 bridgehead atoms. The Morgan fingerprint density at radius 1 is 1.45 bits per heavy atom. The van der Waals surface area contributed by atoms with Crippen molar-refractivity contribution in [2.75, 3.05) is 20.3 Å². The Morgan fingerprint density at radius 2 is 2.25 bits per heavy atom. The molecule has 1 aromatic carbocycles. The lowest BCUT2D eigenvalue weighted by Gasteiger charge is -2.05. The van der Waals surface area contributed by atoms with E-state index in [-0.39, 0.29) is 5.91 Å². The summed E-state index contributed by atoms with van der Waals surface area (Å²) in [6.07, 6.45) is 0. The predicted octanol–water partition coefficient (Wildman–Crippen LogP) is 2.20. The molecule has 0 saturated carbocycles. The van der Waals surface area contributed by atoms with Crippen LogP contribution in [-0.4, -0.2) is 30.8 Å². The van der Waals surface area contributed by atoms with E-state index in [9.17, 15) is 4.79 Å². The number of nitrogens with zero attached hydrogens (tertiary/aromatic N) is 2. The third-order valence-corrected chi connectivity index (χ3v) is 3.85. The third-order valence-electron chi connectivity index (χ3n) is 2.81. The first-order valence-electron chi connectivity index (χ1n) is 6.46. The van der Waals surface area contributed by atoms with Gasteiger partial charge < -0.3 is 14.0 Å². The molecular formula is C14H18N2O3S. The second-order valence-corrected chi connectivity index (χ2v) is 5.21. The lowest BCUT2D eigenvalue weighted by Crippen LogP contribution is -2.19. The maximum Gasteiger partial charge on any atom is 0.245 e. The zero-order chi connectivity index (χ0) is 14.5. The van der Waals surface area contributed by atoms with Crippen LogP contribution in [0.25, 0.3) is 10.2 Å². The molecule has 0 N–H and O–H groups in total. The Labute approximate surface area is 121 Å². The molecule has 6 heteroatoms. The molecule has 0 aliphatic heterocycles. The van der Waals surface area contributed by atoms with Gasteiger partial charge in [0, 0.05) is 20.1 Å². The van der Waals surface area contributed by atoms with Crippen LogP contribution in [0.1, 0.15) is 13.8 Å². The van der Waals surface area contributed by atoms with Gasteiger partial charge >= 0.3 is 0 Å². The van der Waals surface area contributed by atoms with E-state index < -0.39 is 0 Å². The van der Waals surface area contributed by atoms with Gasteiger partial charge in [0.05, 0.1) is 23.9 Å². The van der Waals surface area contributed by atoms with Gasteiger partial charge in [-0.25, -0.2) is 0 Å². The van der Waals surface area contributed by atoms with Crippen molar-refractivity contribution in [3.63, 3.8) is 0 Å². The van der Waals surface area contributed by atoms with Crippen LogP contribution in [0.4, 0.5) is 0 Å². The van der Waals surface area contributed by atoms with Crippen LogP contribution in [0.2, 0.25) is 0 Å². The Balaban J connectivity index is 2.51. The molecule has 108 valence electrons. The maximum absolute atomic E-state index is 11.3. The molecule has 0 aliphatic carbocycles. The largest absolute Gasteiger partial charge is 0.497 e. The van der Waals surface area contributed by atoms with Crippen molar-refractivity contribution >= 4 is 27.5 Å². The van der Waals surface area contributed by atoms with E-state index in [0.29, 0.717) is 24.6 Å². The van der Waals surface area contributed by atoms with Gasteiger partial charge in [0.25, 0.3) is 0 Å². The number of carbonyl (C=O) groups excluding carboxylic acids is 1. The molecule has 2 aromatic rings. The number of aromatic nitrogens is 1. The summed E-state index contributed by atoms with van der Waals surface area (Å²) in [5.41, 5.74) is 1.04. The fraction of sp³-hybridized carbons (Fsp3) is 0.429. The summed E-state index contributed by atoms with van der Waals surface area (Å²) < 4.78 is 13.7. The summed E-state index contributed by atoms with van der Waals surface area (Å²) in [4.78, 5) is 16.0. The van der Waals surface area contributed by atoms with Crippen molar-refractivity contribution in [1.82, 2.24) is 4.57 Å². The average Bonchev–Trinajstić information content (AvgIpc) is 2.75.